The quantitative estimate of drug-likeness (QED) is 0.800. The maximum atomic E-state index is 11.0. The zero-order valence-corrected chi connectivity index (χ0v) is 12.5. The zero-order chi connectivity index (χ0) is 13.7. The molecular weight excluding hydrogens is 324 g/mol. The molecule has 0 saturated carbocycles. The number of carbonyl (C=O) groups is 1. The third-order valence-corrected chi connectivity index (χ3v) is 4.35. The molecule has 0 heterocycles. The van der Waals surface area contributed by atoms with Crippen molar-refractivity contribution in [2.45, 2.75) is 16.6 Å². The normalized spacial score (nSPS) is 12.1. The lowest BCUT2D eigenvalue weighted by Crippen LogP contribution is -2.03. The van der Waals surface area contributed by atoms with E-state index in [2.05, 4.69) is 15.9 Å². The molecule has 2 nitrogen and oxygen atoms in total. The van der Waals surface area contributed by atoms with Crippen molar-refractivity contribution < 1.29 is 9.90 Å². The number of aliphatic carboxylic acids is 1. The van der Waals surface area contributed by atoms with Crippen molar-refractivity contribution >= 4 is 33.7 Å². The van der Waals surface area contributed by atoms with Crippen molar-refractivity contribution in [3.63, 3.8) is 0 Å². The molecule has 0 radical (unpaired) electrons. The van der Waals surface area contributed by atoms with Crippen LogP contribution in [0.5, 0.6) is 0 Å². The second-order valence-electron chi connectivity index (χ2n) is 4.07. The molecule has 2 aromatic carbocycles. The first-order valence-corrected chi connectivity index (χ1v) is 7.51. The number of halogens is 1. The van der Waals surface area contributed by atoms with E-state index in [9.17, 15) is 4.79 Å². The first-order valence-electron chi connectivity index (χ1n) is 5.84. The SMILES string of the molecule is O=C(O)CC(Sc1cccc(Br)c1)c1ccccc1. The molecule has 1 atom stereocenters. The van der Waals surface area contributed by atoms with Crippen molar-refractivity contribution in [2.24, 2.45) is 0 Å². The van der Waals surface area contributed by atoms with Gasteiger partial charge >= 0.3 is 5.97 Å². The number of carboxylic acid groups (broad SMARTS) is 1. The van der Waals surface area contributed by atoms with Crippen LogP contribution in [0.2, 0.25) is 0 Å². The molecule has 4 heteroatoms. The van der Waals surface area contributed by atoms with E-state index in [0.717, 1.165) is 14.9 Å². The van der Waals surface area contributed by atoms with Crippen LogP contribution in [0.3, 0.4) is 0 Å². The van der Waals surface area contributed by atoms with Gasteiger partial charge in [-0.15, -0.1) is 11.8 Å². The number of hydrogen-bond donors (Lipinski definition) is 1. The van der Waals surface area contributed by atoms with E-state index < -0.39 is 5.97 Å². The molecule has 0 aromatic heterocycles. The average Bonchev–Trinajstić information content (AvgIpc) is 2.38. The van der Waals surface area contributed by atoms with Crippen LogP contribution < -0.4 is 0 Å². The molecule has 0 aliphatic carbocycles. The standard InChI is InChI=1S/C15H13BrO2S/c16-12-7-4-8-13(9-12)19-14(10-15(17)18)11-5-2-1-3-6-11/h1-9,14H,10H2,(H,17,18). The summed E-state index contributed by atoms with van der Waals surface area (Å²) in [4.78, 5) is 12.1. The predicted octanol–water partition coefficient (Wildman–Crippen LogP) is 4.76. The summed E-state index contributed by atoms with van der Waals surface area (Å²) >= 11 is 5.00. The van der Waals surface area contributed by atoms with Crippen molar-refractivity contribution in [2.75, 3.05) is 0 Å². The molecule has 98 valence electrons. The molecule has 2 rings (SSSR count). The van der Waals surface area contributed by atoms with Gasteiger partial charge in [0.2, 0.25) is 0 Å². The Morgan fingerprint density at radius 1 is 1.16 bits per heavy atom. The third kappa shape index (κ3) is 4.40. The van der Waals surface area contributed by atoms with Gasteiger partial charge in [0.05, 0.1) is 6.42 Å². The van der Waals surface area contributed by atoms with Gasteiger partial charge in [0.25, 0.3) is 0 Å². The molecule has 0 fully saturated rings. The summed E-state index contributed by atoms with van der Waals surface area (Å²) in [6.45, 7) is 0. The second kappa shape index (κ2) is 6.78. The van der Waals surface area contributed by atoms with Crippen molar-refractivity contribution in [1.29, 1.82) is 0 Å². The highest BCUT2D eigenvalue weighted by Crippen LogP contribution is 2.38. The highest BCUT2D eigenvalue weighted by atomic mass is 79.9. The van der Waals surface area contributed by atoms with E-state index >= 15 is 0 Å². The Balaban J connectivity index is 2.21. The van der Waals surface area contributed by atoms with Gasteiger partial charge in [-0.25, -0.2) is 0 Å². The summed E-state index contributed by atoms with van der Waals surface area (Å²) in [5.74, 6) is -0.781. The van der Waals surface area contributed by atoms with Crippen LogP contribution in [-0.4, -0.2) is 11.1 Å². The van der Waals surface area contributed by atoms with Gasteiger partial charge in [-0.2, -0.15) is 0 Å². The summed E-state index contributed by atoms with van der Waals surface area (Å²) in [5, 5.41) is 8.98. The lowest BCUT2D eigenvalue weighted by Gasteiger charge is -2.15. The summed E-state index contributed by atoms with van der Waals surface area (Å²) in [6.07, 6.45) is 0.112. The Morgan fingerprint density at radius 3 is 2.53 bits per heavy atom. The highest BCUT2D eigenvalue weighted by Gasteiger charge is 2.16. The Hall–Kier alpha value is -1.26. The molecule has 0 aliphatic heterocycles. The van der Waals surface area contributed by atoms with Crippen molar-refractivity contribution in [3.05, 3.63) is 64.6 Å². The van der Waals surface area contributed by atoms with Crippen LogP contribution in [0.15, 0.2) is 64.0 Å². The van der Waals surface area contributed by atoms with Gasteiger partial charge in [0, 0.05) is 14.6 Å². The predicted molar refractivity (Wildman–Crippen MR) is 81.4 cm³/mol. The molecule has 0 amide bonds. The monoisotopic (exact) mass is 336 g/mol. The fourth-order valence-electron chi connectivity index (χ4n) is 1.76. The molecule has 0 bridgehead atoms. The topological polar surface area (TPSA) is 37.3 Å². The van der Waals surface area contributed by atoms with Gasteiger partial charge in [-0.05, 0) is 23.8 Å². The van der Waals surface area contributed by atoms with Crippen LogP contribution in [0, 0.1) is 0 Å². The van der Waals surface area contributed by atoms with Crippen molar-refractivity contribution in [3.8, 4) is 0 Å². The Labute approximate surface area is 125 Å². The minimum atomic E-state index is -0.781. The van der Waals surface area contributed by atoms with E-state index in [0.29, 0.717) is 0 Å². The van der Waals surface area contributed by atoms with E-state index in [4.69, 9.17) is 5.11 Å². The second-order valence-corrected chi connectivity index (χ2v) is 6.26. The van der Waals surface area contributed by atoms with Gasteiger partial charge in [0.1, 0.15) is 0 Å². The molecule has 19 heavy (non-hydrogen) atoms. The summed E-state index contributed by atoms with van der Waals surface area (Å²) in [7, 11) is 0. The van der Waals surface area contributed by atoms with Crippen molar-refractivity contribution in [1.82, 2.24) is 0 Å². The molecule has 0 aliphatic rings. The number of benzene rings is 2. The fraction of sp³-hybridized carbons (Fsp3) is 0.133. The summed E-state index contributed by atoms with van der Waals surface area (Å²) in [6, 6.07) is 17.7. The maximum absolute atomic E-state index is 11.0. The van der Waals surface area contributed by atoms with E-state index in [1.54, 1.807) is 11.8 Å². The Bertz CT molecular complexity index is 557. The number of rotatable bonds is 5. The minimum Gasteiger partial charge on any atom is -0.481 e. The van der Waals surface area contributed by atoms with Gasteiger partial charge < -0.3 is 5.11 Å². The van der Waals surface area contributed by atoms with Crippen LogP contribution >= 0.6 is 27.7 Å². The van der Waals surface area contributed by atoms with Crippen LogP contribution in [0.4, 0.5) is 0 Å². The molecule has 0 saturated heterocycles. The Kier molecular flexibility index (Phi) is 5.05. The largest absolute Gasteiger partial charge is 0.481 e. The summed E-state index contributed by atoms with van der Waals surface area (Å²) < 4.78 is 1.000. The summed E-state index contributed by atoms with van der Waals surface area (Å²) in [5.41, 5.74) is 1.04. The molecule has 2 aromatic rings. The number of hydrogen-bond acceptors (Lipinski definition) is 2. The van der Waals surface area contributed by atoms with Crippen LogP contribution in [0.25, 0.3) is 0 Å². The maximum Gasteiger partial charge on any atom is 0.304 e. The average molecular weight is 337 g/mol. The molecule has 1 N–H and O–H groups in total. The molecule has 0 spiro atoms. The smallest absolute Gasteiger partial charge is 0.304 e. The number of thioether (sulfide) groups is 1. The van der Waals surface area contributed by atoms with Gasteiger partial charge in [0.15, 0.2) is 0 Å². The lowest BCUT2D eigenvalue weighted by atomic mass is 10.1. The third-order valence-electron chi connectivity index (χ3n) is 2.61. The fourth-order valence-corrected chi connectivity index (χ4v) is 3.51. The zero-order valence-electron chi connectivity index (χ0n) is 10.1. The van der Waals surface area contributed by atoms with Gasteiger partial charge in [-0.1, -0.05) is 52.3 Å². The first-order chi connectivity index (χ1) is 9.15. The lowest BCUT2D eigenvalue weighted by molar-refractivity contribution is -0.137. The van der Waals surface area contributed by atoms with Gasteiger partial charge in [-0.3, -0.25) is 4.79 Å². The van der Waals surface area contributed by atoms with Crippen LogP contribution in [0.1, 0.15) is 17.2 Å². The van der Waals surface area contributed by atoms with E-state index in [-0.39, 0.29) is 11.7 Å². The van der Waals surface area contributed by atoms with E-state index in [1.807, 2.05) is 54.6 Å². The van der Waals surface area contributed by atoms with E-state index in [1.165, 1.54) is 0 Å². The first kappa shape index (κ1) is 14.2. The molecular formula is C15H13BrO2S. The van der Waals surface area contributed by atoms with Crippen LogP contribution in [-0.2, 0) is 4.79 Å². The molecule has 1 unspecified atom stereocenters. The minimum absolute atomic E-state index is 0.0759. The Morgan fingerprint density at radius 2 is 1.89 bits per heavy atom. The number of carboxylic acids is 1. The highest BCUT2D eigenvalue weighted by molar-refractivity contribution is 9.10.